The minimum Gasteiger partial charge on any atom is -0.497 e. The van der Waals surface area contributed by atoms with Gasteiger partial charge in [0.15, 0.2) is 5.11 Å². The van der Waals surface area contributed by atoms with Gasteiger partial charge in [-0.1, -0.05) is 12.1 Å². The van der Waals surface area contributed by atoms with Crippen molar-refractivity contribution in [2.24, 2.45) is 0 Å². The van der Waals surface area contributed by atoms with Gasteiger partial charge in [0.05, 0.1) is 7.11 Å². The number of benzene rings is 1. The van der Waals surface area contributed by atoms with Crippen LogP contribution in [0.3, 0.4) is 0 Å². The predicted molar refractivity (Wildman–Crippen MR) is 86.1 cm³/mol. The average molecular weight is 293 g/mol. The molecule has 0 unspecified atom stereocenters. The Morgan fingerprint density at radius 2 is 2.05 bits per heavy atom. The molecule has 5 heteroatoms. The van der Waals surface area contributed by atoms with Crippen LogP contribution in [-0.4, -0.2) is 54.7 Å². The molecule has 1 fully saturated rings. The Morgan fingerprint density at radius 3 is 2.70 bits per heavy atom. The van der Waals surface area contributed by atoms with E-state index in [4.69, 9.17) is 17.0 Å². The van der Waals surface area contributed by atoms with Crippen LogP contribution in [0.4, 0.5) is 0 Å². The lowest BCUT2D eigenvalue weighted by atomic mass is 10.2. The Kier molecular flexibility index (Phi) is 5.61. The fourth-order valence-corrected chi connectivity index (χ4v) is 2.73. The first kappa shape index (κ1) is 15.1. The monoisotopic (exact) mass is 293 g/mol. The minimum atomic E-state index is 0.883. The number of hydrogen-bond acceptors (Lipinski definition) is 3. The molecular formula is C15H23N3OS. The molecule has 1 aliphatic rings. The van der Waals surface area contributed by atoms with E-state index in [2.05, 4.69) is 34.2 Å². The van der Waals surface area contributed by atoms with Crippen molar-refractivity contribution in [1.29, 1.82) is 0 Å². The van der Waals surface area contributed by atoms with Crippen LogP contribution < -0.4 is 10.1 Å². The molecule has 1 heterocycles. The standard InChI is InChI=1S/C15H23N3OS/c1-3-16-15(20)18-9-7-17(8-10-18)12-13-5-4-6-14(11-13)19-2/h4-6,11H,3,7-10,12H2,1-2H3,(H,16,20). The average Bonchev–Trinajstić information content (AvgIpc) is 2.48. The molecule has 0 amide bonds. The third-order valence-corrected chi connectivity index (χ3v) is 3.93. The molecule has 1 aromatic rings. The van der Waals surface area contributed by atoms with Gasteiger partial charge in [-0.15, -0.1) is 0 Å². The SMILES string of the molecule is CCNC(=S)N1CCN(Cc2cccc(OC)c2)CC1. The van der Waals surface area contributed by atoms with Gasteiger partial charge in [-0.3, -0.25) is 4.90 Å². The Balaban J connectivity index is 1.83. The number of thiocarbonyl (C=S) groups is 1. The van der Waals surface area contributed by atoms with E-state index in [0.29, 0.717) is 0 Å². The van der Waals surface area contributed by atoms with Crippen LogP contribution >= 0.6 is 12.2 Å². The number of nitrogens with zero attached hydrogens (tertiary/aromatic N) is 2. The predicted octanol–water partition coefficient (Wildman–Crippen LogP) is 1.71. The van der Waals surface area contributed by atoms with E-state index in [1.54, 1.807) is 7.11 Å². The molecule has 0 spiro atoms. The van der Waals surface area contributed by atoms with Gasteiger partial charge in [-0.2, -0.15) is 0 Å². The lowest BCUT2D eigenvalue weighted by molar-refractivity contribution is 0.174. The van der Waals surface area contributed by atoms with Crippen molar-refractivity contribution in [3.8, 4) is 5.75 Å². The van der Waals surface area contributed by atoms with E-state index >= 15 is 0 Å². The Bertz CT molecular complexity index is 444. The van der Waals surface area contributed by atoms with Crippen LogP contribution in [0.2, 0.25) is 0 Å². The summed E-state index contributed by atoms with van der Waals surface area (Å²) in [6.45, 7) is 8.02. The molecule has 1 aromatic carbocycles. The normalized spacial score (nSPS) is 16.0. The number of methoxy groups -OCH3 is 1. The maximum absolute atomic E-state index is 5.35. The largest absolute Gasteiger partial charge is 0.497 e. The molecule has 0 radical (unpaired) electrons. The number of piperazine rings is 1. The summed E-state index contributed by atoms with van der Waals surface area (Å²) in [5.74, 6) is 0.925. The molecule has 4 nitrogen and oxygen atoms in total. The second-order valence-electron chi connectivity index (χ2n) is 4.95. The lowest BCUT2D eigenvalue weighted by Crippen LogP contribution is -2.51. The summed E-state index contributed by atoms with van der Waals surface area (Å²) < 4.78 is 5.27. The van der Waals surface area contributed by atoms with E-state index in [1.165, 1.54) is 5.56 Å². The zero-order chi connectivity index (χ0) is 14.4. The Labute approximate surface area is 126 Å². The molecule has 0 aliphatic carbocycles. The van der Waals surface area contributed by atoms with Gasteiger partial charge in [0.2, 0.25) is 0 Å². The third kappa shape index (κ3) is 4.08. The second kappa shape index (κ2) is 7.45. The second-order valence-corrected chi connectivity index (χ2v) is 5.34. The van der Waals surface area contributed by atoms with Gasteiger partial charge >= 0.3 is 0 Å². The molecule has 0 aromatic heterocycles. The highest BCUT2D eigenvalue weighted by molar-refractivity contribution is 7.80. The number of ether oxygens (including phenoxy) is 1. The summed E-state index contributed by atoms with van der Waals surface area (Å²) in [7, 11) is 1.71. The van der Waals surface area contributed by atoms with Gasteiger partial charge in [-0.25, -0.2) is 0 Å². The van der Waals surface area contributed by atoms with Crippen molar-refractivity contribution in [3.05, 3.63) is 29.8 Å². The van der Waals surface area contributed by atoms with Crippen molar-refractivity contribution in [3.63, 3.8) is 0 Å². The minimum absolute atomic E-state index is 0.883. The zero-order valence-corrected chi connectivity index (χ0v) is 13.1. The van der Waals surface area contributed by atoms with Crippen molar-refractivity contribution < 1.29 is 4.74 Å². The van der Waals surface area contributed by atoms with Crippen molar-refractivity contribution >= 4 is 17.3 Å². The third-order valence-electron chi connectivity index (χ3n) is 3.53. The van der Waals surface area contributed by atoms with Crippen molar-refractivity contribution in [2.45, 2.75) is 13.5 Å². The van der Waals surface area contributed by atoms with E-state index in [0.717, 1.165) is 50.1 Å². The first-order valence-electron chi connectivity index (χ1n) is 7.11. The van der Waals surface area contributed by atoms with Gasteiger partial charge in [0.1, 0.15) is 5.75 Å². The maximum atomic E-state index is 5.35. The van der Waals surface area contributed by atoms with Crippen LogP contribution in [-0.2, 0) is 6.54 Å². The summed E-state index contributed by atoms with van der Waals surface area (Å²) in [6.07, 6.45) is 0. The zero-order valence-electron chi connectivity index (χ0n) is 12.3. The summed E-state index contributed by atoms with van der Waals surface area (Å²) >= 11 is 5.35. The molecule has 20 heavy (non-hydrogen) atoms. The van der Waals surface area contributed by atoms with Crippen molar-refractivity contribution in [1.82, 2.24) is 15.1 Å². The number of rotatable bonds is 4. The summed E-state index contributed by atoms with van der Waals surface area (Å²) in [5.41, 5.74) is 1.30. The molecular weight excluding hydrogens is 270 g/mol. The highest BCUT2D eigenvalue weighted by Gasteiger charge is 2.18. The van der Waals surface area contributed by atoms with E-state index < -0.39 is 0 Å². The highest BCUT2D eigenvalue weighted by atomic mass is 32.1. The van der Waals surface area contributed by atoms with Crippen molar-refractivity contribution in [2.75, 3.05) is 39.8 Å². The fourth-order valence-electron chi connectivity index (χ4n) is 2.40. The van der Waals surface area contributed by atoms with Crippen LogP contribution in [0.15, 0.2) is 24.3 Å². The van der Waals surface area contributed by atoms with E-state index in [-0.39, 0.29) is 0 Å². The molecule has 1 N–H and O–H groups in total. The topological polar surface area (TPSA) is 27.7 Å². The molecule has 110 valence electrons. The molecule has 0 bridgehead atoms. The molecule has 0 atom stereocenters. The molecule has 0 saturated carbocycles. The van der Waals surface area contributed by atoms with Gasteiger partial charge in [0.25, 0.3) is 0 Å². The molecule has 1 saturated heterocycles. The van der Waals surface area contributed by atoms with Gasteiger partial charge in [-0.05, 0) is 36.8 Å². The van der Waals surface area contributed by atoms with Crippen LogP contribution in [0.25, 0.3) is 0 Å². The Morgan fingerprint density at radius 1 is 1.30 bits per heavy atom. The van der Waals surface area contributed by atoms with Gasteiger partial charge < -0.3 is 15.0 Å². The van der Waals surface area contributed by atoms with E-state index in [9.17, 15) is 0 Å². The first-order valence-corrected chi connectivity index (χ1v) is 7.52. The fraction of sp³-hybridized carbons (Fsp3) is 0.533. The smallest absolute Gasteiger partial charge is 0.169 e. The summed E-state index contributed by atoms with van der Waals surface area (Å²) in [4.78, 5) is 4.71. The maximum Gasteiger partial charge on any atom is 0.169 e. The molecule has 1 aliphatic heterocycles. The van der Waals surface area contributed by atoms with Crippen LogP contribution in [0, 0.1) is 0 Å². The van der Waals surface area contributed by atoms with Crippen LogP contribution in [0.5, 0.6) is 5.75 Å². The van der Waals surface area contributed by atoms with Crippen LogP contribution in [0.1, 0.15) is 12.5 Å². The van der Waals surface area contributed by atoms with E-state index in [1.807, 2.05) is 12.1 Å². The summed E-state index contributed by atoms with van der Waals surface area (Å²) in [6, 6.07) is 8.29. The first-order chi connectivity index (χ1) is 9.72. The Hall–Kier alpha value is -1.33. The summed E-state index contributed by atoms with van der Waals surface area (Å²) in [5, 5.41) is 4.10. The number of hydrogen-bond donors (Lipinski definition) is 1. The molecule has 2 rings (SSSR count). The highest BCUT2D eigenvalue weighted by Crippen LogP contribution is 2.15. The van der Waals surface area contributed by atoms with Gasteiger partial charge in [0, 0.05) is 39.3 Å². The quantitative estimate of drug-likeness (QED) is 0.853. The number of nitrogens with one attached hydrogen (secondary N) is 1. The lowest BCUT2D eigenvalue weighted by Gasteiger charge is -2.36.